The number of carboxylic acid groups (broad SMARTS) is 1. The zero-order valence-electron chi connectivity index (χ0n) is 13.3. The van der Waals surface area contributed by atoms with Crippen LogP contribution in [-0.2, 0) is 0 Å². The highest BCUT2D eigenvalue weighted by molar-refractivity contribution is 6.30. The van der Waals surface area contributed by atoms with Gasteiger partial charge in [0.15, 0.2) is 0 Å². The van der Waals surface area contributed by atoms with Crippen molar-refractivity contribution in [3.05, 3.63) is 70.9 Å². The van der Waals surface area contributed by atoms with E-state index in [4.69, 9.17) is 16.7 Å². The van der Waals surface area contributed by atoms with E-state index in [2.05, 4.69) is 20.6 Å². The first-order valence-electron chi connectivity index (χ1n) is 7.48. The lowest BCUT2D eigenvalue weighted by atomic mass is 10.2. The van der Waals surface area contributed by atoms with E-state index < -0.39 is 5.97 Å². The molecule has 0 aliphatic carbocycles. The van der Waals surface area contributed by atoms with Gasteiger partial charge in [0.25, 0.3) is 0 Å². The van der Waals surface area contributed by atoms with Gasteiger partial charge in [-0.05, 0) is 61.0 Å². The number of benzene rings is 2. The first-order chi connectivity index (χ1) is 12.0. The first-order valence-corrected chi connectivity index (χ1v) is 7.86. The molecule has 3 rings (SSSR count). The molecule has 25 heavy (non-hydrogen) atoms. The fourth-order valence-electron chi connectivity index (χ4n) is 2.22. The standard InChI is InChI=1S/C18H15ClN4O2/c1-11-10-13(19)4-7-15(11)22-18-20-9-8-16(23-18)21-14-5-2-12(3-6-14)17(24)25/h2-10H,1H3,(H,24,25)(H2,20,21,22,23). The van der Waals surface area contributed by atoms with Gasteiger partial charge in [0.1, 0.15) is 5.82 Å². The molecular weight excluding hydrogens is 340 g/mol. The Morgan fingerprint density at radius 2 is 1.84 bits per heavy atom. The summed E-state index contributed by atoms with van der Waals surface area (Å²) in [7, 11) is 0. The molecule has 7 heteroatoms. The third-order valence-electron chi connectivity index (χ3n) is 3.49. The number of hydrogen-bond acceptors (Lipinski definition) is 5. The maximum atomic E-state index is 10.9. The molecule has 0 amide bonds. The number of aromatic nitrogens is 2. The number of nitrogens with zero attached hydrogens (tertiary/aromatic N) is 2. The van der Waals surface area contributed by atoms with Gasteiger partial charge in [0, 0.05) is 22.6 Å². The summed E-state index contributed by atoms with van der Waals surface area (Å²) in [5, 5.41) is 15.9. The fraction of sp³-hybridized carbons (Fsp3) is 0.0556. The minimum Gasteiger partial charge on any atom is -0.478 e. The van der Waals surface area contributed by atoms with Crippen LogP contribution in [0.15, 0.2) is 54.7 Å². The van der Waals surface area contributed by atoms with E-state index in [1.807, 2.05) is 19.1 Å². The number of rotatable bonds is 5. The van der Waals surface area contributed by atoms with Crippen molar-refractivity contribution >= 4 is 40.7 Å². The fourth-order valence-corrected chi connectivity index (χ4v) is 2.45. The molecule has 3 N–H and O–H groups in total. The molecule has 0 saturated carbocycles. The van der Waals surface area contributed by atoms with Gasteiger partial charge in [-0.3, -0.25) is 0 Å². The summed E-state index contributed by atoms with van der Waals surface area (Å²) in [6.07, 6.45) is 1.63. The Labute approximate surface area is 149 Å². The zero-order chi connectivity index (χ0) is 17.8. The van der Waals surface area contributed by atoms with E-state index >= 15 is 0 Å². The Balaban J connectivity index is 1.76. The molecule has 0 aliphatic heterocycles. The zero-order valence-corrected chi connectivity index (χ0v) is 14.1. The van der Waals surface area contributed by atoms with Crippen LogP contribution in [-0.4, -0.2) is 21.0 Å². The third-order valence-corrected chi connectivity index (χ3v) is 3.73. The summed E-state index contributed by atoms with van der Waals surface area (Å²) in [4.78, 5) is 19.5. The summed E-state index contributed by atoms with van der Waals surface area (Å²) >= 11 is 5.96. The maximum absolute atomic E-state index is 10.9. The molecule has 2 aromatic carbocycles. The van der Waals surface area contributed by atoms with E-state index in [1.54, 1.807) is 30.5 Å². The van der Waals surface area contributed by atoms with E-state index in [0.29, 0.717) is 16.8 Å². The van der Waals surface area contributed by atoms with Gasteiger partial charge >= 0.3 is 5.97 Å². The van der Waals surface area contributed by atoms with Crippen LogP contribution >= 0.6 is 11.6 Å². The largest absolute Gasteiger partial charge is 0.478 e. The topological polar surface area (TPSA) is 87.1 Å². The van der Waals surface area contributed by atoms with Crippen molar-refractivity contribution in [2.75, 3.05) is 10.6 Å². The third kappa shape index (κ3) is 4.24. The van der Waals surface area contributed by atoms with Gasteiger partial charge in [-0.1, -0.05) is 11.6 Å². The molecule has 126 valence electrons. The second kappa shape index (κ2) is 7.19. The van der Waals surface area contributed by atoms with Crippen LogP contribution in [0.3, 0.4) is 0 Å². The molecule has 1 aromatic heterocycles. The normalized spacial score (nSPS) is 10.3. The molecule has 0 radical (unpaired) electrons. The molecule has 0 atom stereocenters. The van der Waals surface area contributed by atoms with Gasteiger partial charge < -0.3 is 15.7 Å². The number of carbonyl (C=O) groups is 1. The van der Waals surface area contributed by atoms with Crippen molar-refractivity contribution in [3.63, 3.8) is 0 Å². The van der Waals surface area contributed by atoms with Gasteiger partial charge in [0.05, 0.1) is 5.56 Å². The summed E-state index contributed by atoms with van der Waals surface area (Å²) in [6.45, 7) is 1.94. The maximum Gasteiger partial charge on any atom is 0.335 e. The number of anilines is 4. The van der Waals surface area contributed by atoms with Crippen molar-refractivity contribution < 1.29 is 9.90 Å². The van der Waals surface area contributed by atoms with Gasteiger partial charge in [-0.25, -0.2) is 9.78 Å². The molecule has 3 aromatic rings. The summed E-state index contributed by atoms with van der Waals surface area (Å²) in [5.41, 5.74) is 2.82. The highest BCUT2D eigenvalue weighted by atomic mass is 35.5. The Bertz CT molecular complexity index is 913. The van der Waals surface area contributed by atoms with E-state index in [1.165, 1.54) is 12.1 Å². The van der Waals surface area contributed by atoms with Crippen LogP contribution in [0.25, 0.3) is 0 Å². The van der Waals surface area contributed by atoms with Crippen LogP contribution in [0.5, 0.6) is 0 Å². The van der Waals surface area contributed by atoms with Crippen molar-refractivity contribution in [2.45, 2.75) is 6.92 Å². The number of aryl methyl sites for hydroxylation is 1. The number of carboxylic acids is 1. The first kappa shape index (κ1) is 16.7. The van der Waals surface area contributed by atoms with Crippen LogP contribution in [0, 0.1) is 6.92 Å². The number of hydrogen-bond donors (Lipinski definition) is 3. The van der Waals surface area contributed by atoms with Gasteiger partial charge in [-0.15, -0.1) is 0 Å². The average molecular weight is 355 g/mol. The van der Waals surface area contributed by atoms with Crippen LogP contribution in [0.2, 0.25) is 5.02 Å². The molecule has 0 bridgehead atoms. The molecular formula is C18H15ClN4O2. The van der Waals surface area contributed by atoms with Crippen molar-refractivity contribution in [1.29, 1.82) is 0 Å². The lowest BCUT2D eigenvalue weighted by molar-refractivity contribution is 0.0697. The predicted octanol–water partition coefficient (Wildman–Crippen LogP) is 4.62. The summed E-state index contributed by atoms with van der Waals surface area (Å²) in [5.74, 6) is 0.0724. The minimum absolute atomic E-state index is 0.230. The number of aromatic carboxylic acids is 1. The monoisotopic (exact) mass is 354 g/mol. The Hall–Kier alpha value is -3.12. The Morgan fingerprint density at radius 3 is 2.52 bits per heavy atom. The van der Waals surface area contributed by atoms with Gasteiger partial charge in [-0.2, -0.15) is 4.98 Å². The van der Waals surface area contributed by atoms with Crippen molar-refractivity contribution in [1.82, 2.24) is 9.97 Å². The molecule has 0 saturated heterocycles. The second-order valence-corrected chi connectivity index (χ2v) is 5.79. The van der Waals surface area contributed by atoms with E-state index in [9.17, 15) is 4.79 Å². The number of halogens is 1. The SMILES string of the molecule is Cc1cc(Cl)ccc1Nc1nccc(Nc2ccc(C(=O)O)cc2)n1. The molecule has 0 spiro atoms. The van der Waals surface area contributed by atoms with Crippen LogP contribution < -0.4 is 10.6 Å². The summed E-state index contributed by atoms with van der Waals surface area (Å²) in [6, 6.07) is 13.7. The molecule has 0 aliphatic rings. The van der Waals surface area contributed by atoms with Crippen molar-refractivity contribution in [2.24, 2.45) is 0 Å². The minimum atomic E-state index is -0.960. The lowest BCUT2D eigenvalue weighted by Crippen LogP contribution is -2.02. The summed E-state index contributed by atoms with van der Waals surface area (Å²) < 4.78 is 0. The number of nitrogens with one attached hydrogen (secondary N) is 2. The Morgan fingerprint density at radius 1 is 1.08 bits per heavy atom. The lowest BCUT2D eigenvalue weighted by Gasteiger charge is -2.10. The van der Waals surface area contributed by atoms with Crippen molar-refractivity contribution in [3.8, 4) is 0 Å². The smallest absolute Gasteiger partial charge is 0.335 e. The van der Waals surface area contributed by atoms with Crippen LogP contribution in [0.1, 0.15) is 15.9 Å². The van der Waals surface area contributed by atoms with Gasteiger partial charge in [0.2, 0.25) is 5.95 Å². The van der Waals surface area contributed by atoms with E-state index in [-0.39, 0.29) is 5.56 Å². The molecule has 6 nitrogen and oxygen atoms in total. The molecule has 0 unspecified atom stereocenters. The Kier molecular flexibility index (Phi) is 4.81. The molecule has 1 heterocycles. The van der Waals surface area contributed by atoms with E-state index in [0.717, 1.165) is 16.9 Å². The highest BCUT2D eigenvalue weighted by Gasteiger charge is 2.05. The average Bonchev–Trinajstić information content (AvgIpc) is 2.58. The quantitative estimate of drug-likeness (QED) is 0.619. The highest BCUT2D eigenvalue weighted by Crippen LogP contribution is 2.23. The predicted molar refractivity (Wildman–Crippen MR) is 98.2 cm³/mol. The molecule has 0 fully saturated rings. The second-order valence-electron chi connectivity index (χ2n) is 5.36. The van der Waals surface area contributed by atoms with Crippen LogP contribution in [0.4, 0.5) is 23.1 Å².